The molecular weight excluding hydrogens is 292 g/mol. The first-order chi connectivity index (χ1) is 11.9. The average Bonchev–Trinajstić information content (AvgIpc) is 3.07. The summed E-state index contributed by atoms with van der Waals surface area (Å²) in [4.78, 5) is 0. The van der Waals surface area contributed by atoms with E-state index in [2.05, 4.69) is 71.5 Å². The van der Waals surface area contributed by atoms with Gasteiger partial charge < -0.3 is 0 Å². The van der Waals surface area contributed by atoms with Crippen molar-refractivity contribution in [1.29, 1.82) is 0 Å². The van der Waals surface area contributed by atoms with Crippen LogP contribution in [0.1, 0.15) is 47.6 Å². The van der Waals surface area contributed by atoms with Gasteiger partial charge >= 0.3 is 0 Å². The van der Waals surface area contributed by atoms with Crippen molar-refractivity contribution in [2.24, 2.45) is 0 Å². The summed E-state index contributed by atoms with van der Waals surface area (Å²) in [6.07, 6.45) is 8.32. The predicted octanol–water partition coefficient (Wildman–Crippen LogP) is 4.98. The van der Waals surface area contributed by atoms with E-state index in [1.807, 2.05) is 0 Å². The lowest BCUT2D eigenvalue weighted by Gasteiger charge is -2.18. The summed E-state index contributed by atoms with van der Waals surface area (Å²) in [5, 5.41) is 4.83. The van der Waals surface area contributed by atoms with Gasteiger partial charge in [0, 0.05) is 18.7 Å². The van der Waals surface area contributed by atoms with Crippen molar-refractivity contribution >= 4 is 0 Å². The summed E-state index contributed by atoms with van der Waals surface area (Å²) < 4.78 is 2.18. The smallest absolute Gasteiger partial charge is 0.0656 e. The van der Waals surface area contributed by atoms with Gasteiger partial charge in [-0.25, -0.2) is 0 Å². The summed E-state index contributed by atoms with van der Waals surface area (Å²) in [6.45, 7) is 0.974. The van der Waals surface area contributed by atoms with Crippen molar-refractivity contribution in [2.45, 2.75) is 44.6 Å². The number of hydrogen-bond acceptors (Lipinski definition) is 1. The van der Waals surface area contributed by atoms with Crippen LogP contribution < -0.4 is 0 Å². The Morgan fingerprint density at radius 2 is 1.46 bits per heavy atom. The molecule has 0 amide bonds. The Bertz CT molecular complexity index is 711. The van der Waals surface area contributed by atoms with Gasteiger partial charge in [-0.15, -0.1) is 0 Å². The number of aromatic nitrogens is 2. The maximum absolute atomic E-state index is 4.83. The highest BCUT2D eigenvalue weighted by Gasteiger charge is 2.16. The third-order valence-electron chi connectivity index (χ3n) is 5.09. The lowest BCUT2D eigenvalue weighted by Crippen LogP contribution is -2.07. The van der Waals surface area contributed by atoms with Crippen LogP contribution in [0.25, 0.3) is 0 Å². The molecule has 0 unspecified atom stereocenters. The van der Waals surface area contributed by atoms with Gasteiger partial charge in [0.05, 0.1) is 5.69 Å². The van der Waals surface area contributed by atoms with E-state index in [1.165, 1.54) is 41.6 Å². The molecule has 0 atom stereocenters. The van der Waals surface area contributed by atoms with Crippen LogP contribution in [0.2, 0.25) is 0 Å². The van der Waals surface area contributed by atoms with Gasteiger partial charge in [-0.05, 0) is 48.8 Å². The monoisotopic (exact) mass is 316 g/mol. The molecule has 1 heterocycles. The molecule has 2 nitrogen and oxygen atoms in total. The molecule has 1 aliphatic carbocycles. The van der Waals surface area contributed by atoms with Crippen LogP contribution in [-0.2, 0) is 19.4 Å². The molecular formula is C22H24N2. The summed E-state index contributed by atoms with van der Waals surface area (Å²) in [5.74, 6) is 0.425. The Labute approximate surface area is 144 Å². The molecule has 0 fully saturated rings. The molecule has 0 aliphatic heterocycles. The van der Waals surface area contributed by atoms with Crippen LogP contribution >= 0.6 is 0 Å². The molecule has 2 aromatic carbocycles. The minimum Gasteiger partial charge on any atom is -0.272 e. The Hall–Kier alpha value is -2.35. The number of nitrogens with zero attached hydrogens (tertiary/aromatic N) is 2. The first-order valence-electron chi connectivity index (χ1n) is 9.05. The van der Waals surface area contributed by atoms with E-state index in [0.717, 1.165) is 19.4 Å². The van der Waals surface area contributed by atoms with Gasteiger partial charge in [0.1, 0.15) is 0 Å². The van der Waals surface area contributed by atoms with Crippen LogP contribution in [0.15, 0.2) is 66.9 Å². The molecule has 0 N–H and O–H groups in total. The van der Waals surface area contributed by atoms with E-state index in [1.54, 1.807) is 0 Å². The van der Waals surface area contributed by atoms with E-state index in [9.17, 15) is 0 Å². The minimum absolute atomic E-state index is 0.425. The zero-order chi connectivity index (χ0) is 16.2. The molecule has 1 aliphatic rings. The minimum atomic E-state index is 0.425. The normalized spacial score (nSPS) is 13.9. The summed E-state index contributed by atoms with van der Waals surface area (Å²) in [6, 6.07) is 21.7. The second-order valence-corrected chi connectivity index (χ2v) is 6.73. The third kappa shape index (κ3) is 3.28. The third-order valence-corrected chi connectivity index (χ3v) is 5.09. The van der Waals surface area contributed by atoms with Crippen LogP contribution in [0.4, 0.5) is 0 Å². The van der Waals surface area contributed by atoms with Crippen molar-refractivity contribution in [2.75, 3.05) is 0 Å². The SMILES string of the molecule is c1ccc(C(CCn2cc3c(n2)CCCC3)c2ccccc2)cc1. The number of hydrogen-bond donors (Lipinski definition) is 0. The van der Waals surface area contributed by atoms with E-state index in [0.29, 0.717) is 5.92 Å². The van der Waals surface area contributed by atoms with E-state index >= 15 is 0 Å². The second-order valence-electron chi connectivity index (χ2n) is 6.73. The predicted molar refractivity (Wildman–Crippen MR) is 98.2 cm³/mol. The van der Waals surface area contributed by atoms with Gasteiger partial charge in [0.15, 0.2) is 0 Å². The lowest BCUT2D eigenvalue weighted by molar-refractivity contribution is 0.541. The van der Waals surface area contributed by atoms with Crippen molar-refractivity contribution in [3.05, 3.63) is 89.2 Å². The zero-order valence-corrected chi connectivity index (χ0v) is 14.1. The first-order valence-corrected chi connectivity index (χ1v) is 9.05. The Morgan fingerprint density at radius 1 is 0.833 bits per heavy atom. The molecule has 3 aromatic rings. The average molecular weight is 316 g/mol. The first kappa shape index (κ1) is 15.2. The molecule has 24 heavy (non-hydrogen) atoms. The number of benzene rings is 2. The van der Waals surface area contributed by atoms with Crippen LogP contribution in [0, 0.1) is 0 Å². The van der Waals surface area contributed by atoms with Gasteiger partial charge in [-0.3, -0.25) is 4.68 Å². The molecule has 0 spiro atoms. The molecule has 0 radical (unpaired) electrons. The molecule has 0 saturated carbocycles. The fraction of sp³-hybridized carbons (Fsp3) is 0.318. The van der Waals surface area contributed by atoms with Crippen molar-refractivity contribution in [3.63, 3.8) is 0 Å². The maximum atomic E-state index is 4.83. The van der Waals surface area contributed by atoms with Crippen LogP contribution in [0.3, 0.4) is 0 Å². The quantitative estimate of drug-likeness (QED) is 0.649. The molecule has 0 bridgehead atoms. The van der Waals surface area contributed by atoms with E-state index < -0.39 is 0 Å². The summed E-state index contributed by atoms with van der Waals surface area (Å²) in [7, 11) is 0. The highest BCUT2D eigenvalue weighted by molar-refractivity contribution is 5.32. The Balaban J connectivity index is 1.55. The maximum Gasteiger partial charge on any atom is 0.0656 e. The highest BCUT2D eigenvalue weighted by Crippen LogP contribution is 2.28. The fourth-order valence-corrected chi connectivity index (χ4v) is 3.80. The number of fused-ring (bicyclic) bond motifs is 1. The van der Waals surface area contributed by atoms with E-state index in [4.69, 9.17) is 5.10 Å². The second kappa shape index (κ2) is 7.04. The topological polar surface area (TPSA) is 17.8 Å². The van der Waals surface area contributed by atoms with E-state index in [-0.39, 0.29) is 0 Å². The van der Waals surface area contributed by atoms with Crippen molar-refractivity contribution in [3.8, 4) is 0 Å². The zero-order valence-electron chi connectivity index (χ0n) is 14.1. The van der Waals surface area contributed by atoms with Crippen LogP contribution in [0.5, 0.6) is 0 Å². The largest absolute Gasteiger partial charge is 0.272 e. The molecule has 0 saturated heterocycles. The standard InChI is InChI=1S/C22H24N2/c1-3-9-18(10-4-1)21(19-11-5-2-6-12-19)15-16-24-17-20-13-7-8-14-22(20)23-24/h1-6,9-12,17,21H,7-8,13-16H2. The summed E-state index contributed by atoms with van der Waals surface area (Å²) >= 11 is 0. The highest BCUT2D eigenvalue weighted by atomic mass is 15.3. The molecule has 4 rings (SSSR count). The van der Waals surface area contributed by atoms with Gasteiger partial charge in [0.25, 0.3) is 0 Å². The van der Waals surface area contributed by atoms with Crippen molar-refractivity contribution < 1.29 is 0 Å². The fourth-order valence-electron chi connectivity index (χ4n) is 3.80. The van der Waals surface area contributed by atoms with Crippen molar-refractivity contribution in [1.82, 2.24) is 9.78 Å². The summed E-state index contributed by atoms with van der Waals surface area (Å²) in [5.41, 5.74) is 5.58. The van der Waals surface area contributed by atoms with Crippen LogP contribution in [-0.4, -0.2) is 9.78 Å². The van der Waals surface area contributed by atoms with Gasteiger partial charge in [-0.2, -0.15) is 5.10 Å². The Morgan fingerprint density at radius 3 is 2.08 bits per heavy atom. The van der Waals surface area contributed by atoms with Gasteiger partial charge in [0.2, 0.25) is 0 Å². The molecule has 1 aromatic heterocycles. The number of rotatable bonds is 5. The number of aryl methyl sites for hydroxylation is 3. The lowest BCUT2D eigenvalue weighted by atomic mass is 9.88. The molecule has 122 valence electrons. The van der Waals surface area contributed by atoms with Gasteiger partial charge in [-0.1, -0.05) is 60.7 Å². The Kier molecular flexibility index (Phi) is 4.46. The molecule has 2 heteroatoms.